The number of benzene rings is 1. The quantitative estimate of drug-likeness (QED) is 0.513. The van der Waals surface area contributed by atoms with Crippen LogP contribution in [-0.2, 0) is 26.2 Å². The Kier molecular flexibility index (Phi) is 8.51. The Balaban J connectivity index is 1.73. The minimum Gasteiger partial charge on any atom is -0.497 e. The second-order valence-electron chi connectivity index (χ2n) is 8.02. The number of methoxy groups -OCH3 is 1. The zero-order valence-corrected chi connectivity index (χ0v) is 19.8. The Morgan fingerprint density at radius 3 is 2.45 bits per heavy atom. The first-order valence-electron chi connectivity index (χ1n) is 11.1. The molecule has 9 nitrogen and oxygen atoms in total. The summed E-state index contributed by atoms with van der Waals surface area (Å²) in [5.74, 6) is 0.279. The van der Waals surface area contributed by atoms with Gasteiger partial charge in [-0.1, -0.05) is 19.8 Å². The summed E-state index contributed by atoms with van der Waals surface area (Å²) in [7, 11) is -2.44. The highest BCUT2D eigenvalue weighted by atomic mass is 32.2. The van der Waals surface area contributed by atoms with Crippen LogP contribution in [0.4, 0.5) is 0 Å². The molecule has 1 aliphatic carbocycles. The molecule has 2 aromatic rings. The van der Waals surface area contributed by atoms with E-state index in [1.807, 2.05) is 6.92 Å². The molecule has 1 fully saturated rings. The number of carbonyl (C=O) groups excluding carboxylic acids is 2. The molecule has 1 saturated carbocycles. The molecule has 0 radical (unpaired) electrons. The van der Waals surface area contributed by atoms with Gasteiger partial charge in [0.1, 0.15) is 17.6 Å². The van der Waals surface area contributed by atoms with E-state index in [0.29, 0.717) is 17.9 Å². The third-order valence-corrected chi connectivity index (χ3v) is 7.19. The van der Waals surface area contributed by atoms with E-state index in [2.05, 4.69) is 10.0 Å². The molecule has 0 bridgehead atoms. The Morgan fingerprint density at radius 2 is 1.88 bits per heavy atom. The summed E-state index contributed by atoms with van der Waals surface area (Å²) in [5, 5.41) is 3.04. The van der Waals surface area contributed by atoms with E-state index in [1.165, 1.54) is 42.5 Å². The van der Waals surface area contributed by atoms with Crippen molar-refractivity contribution in [1.29, 1.82) is 0 Å². The minimum absolute atomic E-state index is 0.0136. The van der Waals surface area contributed by atoms with Gasteiger partial charge in [-0.2, -0.15) is 0 Å². The highest BCUT2D eigenvalue weighted by Gasteiger charge is 2.31. The first-order valence-corrected chi connectivity index (χ1v) is 12.6. The largest absolute Gasteiger partial charge is 0.497 e. The van der Waals surface area contributed by atoms with E-state index >= 15 is 0 Å². The van der Waals surface area contributed by atoms with Gasteiger partial charge in [0, 0.05) is 6.04 Å². The van der Waals surface area contributed by atoms with E-state index in [4.69, 9.17) is 9.15 Å². The smallest absolute Gasteiger partial charge is 0.243 e. The van der Waals surface area contributed by atoms with Crippen LogP contribution in [0.3, 0.4) is 0 Å². The van der Waals surface area contributed by atoms with Crippen LogP contribution in [0.15, 0.2) is 52.0 Å². The van der Waals surface area contributed by atoms with Crippen LogP contribution in [0.2, 0.25) is 0 Å². The lowest BCUT2D eigenvalue weighted by molar-refractivity contribution is -0.141. The third kappa shape index (κ3) is 6.58. The van der Waals surface area contributed by atoms with Crippen molar-refractivity contribution >= 4 is 21.8 Å². The molecule has 33 heavy (non-hydrogen) atoms. The van der Waals surface area contributed by atoms with Crippen LogP contribution < -0.4 is 14.8 Å². The molecule has 1 aliphatic rings. The number of amides is 2. The van der Waals surface area contributed by atoms with Crippen LogP contribution in [0.25, 0.3) is 0 Å². The second-order valence-corrected chi connectivity index (χ2v) is 9.78. The predicted octanol–water partition coefficient (Wildman–Crippen LogP) is 2.43. The summed E-state index contributed by atoms with van der Waals surface area (Å²) in [4.78, 5) is 27.5. The van der Waals surface area contributed by atoms with Gasteiger partial charge in [0.15, 0.2) is 0 Å². The number of nitrogens with one attached hydrogen (secondary N) is 2. The first-order chi connectivity index (χ1) is 15.8. The molecule has 1 atom stereocenters. The maximum atomic E-state index is 13.1. The molecule has 10 heteroatoms. The molecule has 1 aromatic heterocycles. The summed E-state index contributed by atoms with van der Waals surface area (Å²) in [6.07, 6.45) is 5.87. The molecule has 0 saturated heterocycles. The van der Waals surface area contributed by atoms with Crippen molar-refractivity contribution in [2.75, 3.05) is 13.7 Å². The standard InChI is InChI=1S/C23H31N3O6S/c1-3-21(23(28)25-17-7-4-5-8-17)26(16-19-9-6-14-32-19)22(27)15-24-33(29,30)20-12-10-18(31-2)11-13-20/h6,9-14,17,21,24H,3-5,7-8,15-16H2,1-2H3,(H,25,28)/t21-/m1/s1. The van der Waals surface area contributed by atoms with Gasteiger partial charge in [-0.3, -0.25) is 9.59 Å². The van der Waals surface area contributed by atoms with E-state index in [0.717, 1.165) is 25.7 Å². The van der Waals surface area contributed by atoms with E-state index < -0.39 is 28.5 Å². The zero-order valence-electron chi connectivity index (χ0n) is 19.0. The third-order valence-electron chi connectivity index (χ3n) is 5.78. The SMILES string of the molecule is CC[C@H](C(=O)NC1CCCC1)N(Cc1ccco1)C(=O)CNS(=O)(=O)c1ccc(OC)cc1. The van der Waals surface area contributed by atoms with Crippen LogP contribution in [0, 0.1) is 0 Å². The maximum Gasteiger partial charge on any atom is 0.243 e. The fraction of sp³-hybridized carbons (Fsp3) is 0.478. The Labute approximate surface area is 194 Å². The predicted molar refractivity (Wildman–Crippen MR) is 122 cm³/mol. The molecule has 0 unspecified atom stereocenters. The molecular weight excluding hydrogens is 446 g/mol. The maximum absolute atomic E-state index is 13.1. The zero-order chi connectivity index (χ0) is 23.8. The highest BCUT2D eigenvalue weighted by Crippen LogP contribution is 2.20. The van der Waals surface area contributed by atoms with Gasteiger partial charge in [0.05, 0.1) is 31.4 Å². The molecule has 1 aromatic carbocycles. The fourth-order valence-corrected chi connectivity index (χ4v) is 4.93. The number of sulfonamides is 1. The number of carbonyl (C=O) groups is 2. The molecule has 2 N–H and O–H groups in total. The fourth-order valence-electron chi connectivity index (χ4n) is 3.95. The lowest BCUT2D eigenvalue weighted by Gasteiger charge is -2.30. The van der Waals surface area contributed by atoms with Gasteiger partial charge in [0.25, 0.3) is 0 Å². The molecule has 0 aliphatic heterocycles. The summed E-state index contributed by atoms with van der Waals surface area (Å²) < 4.78 is 38.1. The van der Waals surface area contributed by atoms with Gasteiger partial charge in [-0.25, -0.2) is 13.1 Å². The van der Waals surface area contributed by atoms with Crippen LogP contribution in [0.1, 0.15) is 44.8 Å². The number of furan rings is 1. The topological polar surface area (TPSA) is 118 Å². The van der Waals surface area contributed by atoms with Gasteiger partial charge in [-0.05, 0) is 55.7 Å². The molecule has 1 heterocycles. The number of ether oxygens (including phenoxy) is 1. The summed E-state index contributed by atoms with van der Waals surface area (Å²) in [5.41, 5.74) is 0. The molecular formula is C23H31N3O6S. The van der Waals surface area contributed by atoms with Crippen molar-refractivity contribution in [3.8, 4) is 5.75 Å². The normalized spacial score (nSPS) is 15.2. The Bertz CT molecular complexity index is 1010. The Hall–Kier alpha value is -2.85. The number of nitrogens with zero attached hydrogens (tertiary/aromatic N) is 1. The van der Waals surface area contributed by atoms with Crippen molar-refractivity contribution < 1.29 is 27.2 Å². The van der Waals surface area contributed by atoms with Crippen LogP contribution in [0.5, 0.6) is 5.75 Å². The first kappa shape index (κ1) is 24.8. The van der Waals surface area contributed by atoms with Crippen molar-refractivity contribution in [3.63, 3.8) is 0 Å². The van der Waals surface area contributed by atoms with E-state index in [1.54, 1.807) is 12.1 Å². The van der Waals surface area contributed by atoms with Crippen molar-refractivity contribution in [1.82, 2.24) is 14.9 Å². The van der Waals surface area contributed by atoms with E-state index in [9.17, 15) is 18.0 Å². The van der Waals surface area contributed by atoms with Crippen molar-refractivity contribution in [2.45, 2.75) is 62.6 Å². The van der Waals surface area contributed by atoms with Gasteiger partial charge >= 0.3 is 0 Å². The lowest BCUT2D eigenvalue weighted by atomic mass is 10.1. The second kappa shape index (κ2) is 11.3. The molecule has 0 spiro atoms. The number of rotatable bonds is 11. The van der Waals surface area contributed by atoms with Gasteiger partial charge in [0.2, 0.25) is 21.8 Å². The van der Waals surface area contributed by atoms with Crippen LogP contribution >= 0.6 is 0 Å². The monoisotopic (exact) mass is 477 g/mol. The summed E-state index contributed by atoms with van der Waals surface area (Å²) >= 11 is 0. The average molecular weight is 478 g/mol. The molecule has 2 amide bonds. The van der Waals surface area contributed by atoms with E-state index in [-0.39, 0.29) is 23.4 Å². The van der Waals surface area contributed by atoms with Crippen molar-refractivity contribution in [3.05, 3.63) is 48.4 Å². The summed E-state index contributed by atoms with van der Waals surface area (Å²) in [6.45, 7) is 1.40. The minimum atomic E-state index is -3.92. The van der Waals surface area contributed by atoms with Gasteiger partial charge < -0.3 is 19.4 Å². The highest BCUT2D eigenvalue weighted by molar-refractivity contribution is 7.89. The van der Waals surface area contributed by atoms with Crippen LogP contribution in [-0.4, -0.2) is 50.9 Å². The van der Waals surface area contributed by atoms with Crippen molar-refractivity contribution in [2.24, 2.45) is 0 Å². The summed E-state index contributed by atoms with van der Waals surface area (Å²) in [6, 6.07) is 8.63. The lowest BCUT2D eigenvalue weighted by Crippen LogP contribution is -2.52. The number of hydrogen-bond donors (Lipinski definition) is 2. The average Bonchev–Trinajstić information content (AvgIpc) is 3.52. The molecule has 3 rings (SSSR count). The number of hydrogen-bond acceptors (Lipinski definition) is 6. The van der Waals surface area contributed by atoms with Gasteiger partial charge in [-0.15, -0.1) is 0 Å². The molecule has 180 valence electrons. The Morgan fingerprint density at radius 1 is 1.18 bits per heavy atom.